The number of hydrogen-bond donors (Lipinski definition) is 1. The largest absolute Gasteiger partial charge is 0.322 e. The number of benzene rings is 2. The van der Waals surface area contributed by atoms with E-state index in [9.17, 15) is 14.4 Å². The van der Waals surface area contributed by atoms with Crippen molar-refractivity contribution in [3.05, 3.63) is 76.9 Å². The Morgan fingerprint density at radius 1 is 1.00 bits per heavy atom. The van der Waals surface area contributed by atoms with Gasteiger partial charge >= 0.3 is 0 Å². The Balaban J connectivity index is 2.26. The maximum Gasteiger partial charge on any atom is 0.247 e. The van der Waals surface area contributed by atoms with Crippen LogP contribution in [0.5, 0.6) is 0 Å². The van der Waals surface area contributed by atoms with Crippen molar-refractivity contribution < 1.29 is 14.4 Å². The lowest BCUT2D eigenvalue weighted by atomic mass is 9.82. The summed E-state index contributed by atoms with van der Waals surface area (Å²) in [5.74, 6) is -0.886. The number of fused-ring (bicyclic) bond motifs is 2. The standard InChI is InChI=1S/C18H13NO3/c1-3-14(20)19-16-10(2)8-9-13-15(16)18(22)12-7-5-4-6-11(12)17(13)21/h3-9H,1H2,2H3,(H,19,20). The van der Waals surface area contributed by atoms with Crippen LogP contribution < -0.4 is 5.32 Å². The van der Waals surface area contributed by atoms with E-state index in [-0.39, 0.29) is 17.1 Å². The molecule has 0 unspecified atom stereocenters. The van der Waals surface area contributed by atoms with Gasteiger partial charge < -0.3 is 5.32 Å². The van der Waals surface area contributed by atoms with E-state index in [0.29, 0.717) is 22.4 Å². The van der Waals surface area contributed by atoms with Gasteiger partial charge in [0.05, 0.1) is 11.3 Å². The lowest BCUT2D eigenvalue weighted by Crippen LogP contribution is -2.24. The maximum absolute atomic E-state index is 12.8. The van der Waals surface area contributed by atoms with Gasteiger partial charge in [-0.1, -0.05) is 36.9 Å². The van der Waals surface area contributed by atoms with Crippen molar-refractivity contribution in [1.29, 1.82) is 0 Å². The molecule has 1 amide bonds. The fraction of sp³-hybridized carbons (Fsp3) is 0.0556. The molecule has 0 saturated heterocycles. The number of carbonyl (C=O) groups excluding carboxylic acids is 3. The van der Waals surface area contributed by atoms with Crippen LogP contribution in [0.3, 0.4) is 0 Å². The molecule has 1 aliphatic rings. The van der Waals surface area contributed by atoms with E-state index >= 15 is 0 Å². The van der Waals surface area contributed by atoms with Crippen LogP contribution in [0.1, 0.15) is 37.4 Å². The summed E-state index contributed by atoms with van der Waals surface area (Å²) in [7, 11) is 0. The number of rotatable bonds is 2. The van der Waals surface area contributed by atoms with Gasteiger partial charge in [-0.3, -0.25) is 14.4 Å². The van der Waals surface area contributed by atoms with Crippen LogP contribution in [-0.4, -0.2) is 17.5 Å². The van der Waals surface area contributed by atoms with Crippen molar-refractivity contribution in [2.45, 2.75) is 6.92 Å². The van der Waals surface area contributed by atoms with Crippen LogP contribution in [0.15, 0.2) is 49.1 Å². The summed E-state index contributed by atoms with van der Waals surface area (Å²) in [5, 5.41) is 2.64. The van der Waals surface area contributed by atoms with Crippen LogP contribution in [-0.2, 0) is 4.79 Å². The molecule has 0 spiro atoms. The quantitative estimate of drug-likeness (QED) is 0.738. The van der Waals surface area contributed by atoms with Gasteiger partial charge in [0.25, 0.3) is 0 Å². The number of hydrogen-bond acceptors (Lipinski definition) is 3. The Hall–Kier alpha value is -3.01. The minimum Gasteiger partial charge on any atom is -0.322 e. The second-order valence-electron chi connectivity index (χ2n) is 5.08. The molecule has 4 nitrogen and oxygen atoms in total. The van der Waals surface area contributed by atoms with E-state index in [0.717, 1.165) is 11.6 Å². The SMILES string of the molecule is C=CC(=O)Nc1c(C)ccc2c1C(=O)c1ccccc1C2=O. The third kappa shape index (κ3) is 1.97. The summed E-state index contributed by atoms with van der Waals surface area (Å²) in [5.41, 5.74) is 2.40. The predicted octanol–water partition coefficient (Wildman–Crippen LogP) is 2.89. The number of aryl methyl sites for hydroxylation is 1. The average molecular weight is 291 g/mol. The molecule has 1 N–H and O–H groups in total. The van der Waals surface area contributed by atoms with Crippen molar-refractivity contribution in [3.63, 3.8) is 0 Å². The smallest absolute Gasteiger partial charge is 0.247 e. The van der Waals surface area contributed by atoms with Gasteiger partial charge in [-0.25, -0.2) is 0 Å². The molecule has 0 saturated carbocycles. The van der Waals surface area contributed by atoms with Crippen LogP contribution in [0.4, 0.5) is 5.69 Å². The Morgan fingerprint density at radius 3 is 2.27 bits per heavy atom. The fourth-order valence-corrected chi connectivity index (χ4v) is 2.63. The van der Waals surface area contributed by atoms with Gasteiger partial charge in [-0.05, 0) is 24.6 Å². The molecule has 3 rings (SSSR count). The zero-order valence-corrected chi connectivity index (χ0v) is 12.0. The molecule has 22 heavy (non-hydrogen) atoms. The monoisotopic (exact) mass is 291 g/mol. The van der Waals surface area contributed by atoms with Crippen LogP contribution in [0.2, 0.25) is 0 Å². The van der Waals surface area contributed by atoms with E-state index < -0.39 is 5.91 Å². The lowest BCUT2D eigenvalue weighted by Gasteiger charge is -2.21. The first-order chi connectivity index (χ1) is 10.5. The summed E-state index contributed by atoms with van der Waals surface area (Å²) >= 11 is 0. The maximum atomic E-state index is 12.8. The average Bonchev–Trinajstić information content (AvgIpc) is 2.54. The van der Waals surface area contributed by atoms with E-state index in [1.54, 1.807) is 43.3 Å². The number of ketones is 2. The number of amides is 1. The van der Waals surface area contributed by atoms with Crippen molar-refractivity contribution in [2.75, 3.05) is 5.32 Å². The van der Waals surface area contributed by atoms with Gasteiger partial charge in [0.15, 0.2) is 11.6 Å². The number of anilines is 1. The molecule has 0 atom stereocenters. The molecule has 1 aliphatic carbocycles. The first kappa shape index (κ1) is 13.9. The van der Waals surface area contributed by atoms with Gasteiger partial charge in [0.1, 0.15) is 0 Å². The van der Waals surface area contributed by atoms with Crippen LogP contribution in [0.25, 0.3) is 0 Å². The highest BCUT2D eigenvalue weighted by atomic mass is 16.2. The molecular formula is C18H13NO3. The number of carbonyl (C=O) groups is 3. The highest BCUT2D eigenvalue weighted by Gasteiger charge is 2.32. The fourth-order valence-electron chi connectivity index (χ4n) is 2.63. The van der Waals surface area contributed by atoms with Crippen LogP contribution in [0, 0.1) is 6.92 Å². The minimum absolute atomic E-state index is 0.209. The Morgan fingerprint density at radius 2 is 1.64 bits per heavy atom. The van der Waals surface area contributed by atoms with Gasteiger partial charge in [0.2, 0.25) is 5.91 Å². The van der Waals surface area contributed by atoms with Crippen LogP contribution >= 0.6 is 0 Å². The van der Waals surface area contributed by atoms with Crippen molar-refractivity contribution in [1.82, 2.24) is 0 Å². The molecule has 108 valence electrons. The zero-order valence-electron chi connectivity index (χ0n) is 12.0. The highest BCUT2D eigenvalue weighted by Crippen LogP contribution is 2.33. The first-order valence-corrected chi connectivity index (χ1v) is 6.80. The van der Waals surface area contributed by atoms with E-state index in [2.05, 4.69) is 11.9 Å². The lowest BCUT2D eigenvalue weighted by molar-refractivity contribution is -0.111. The second-order valence-corrected chi connectivity index (χ2v) is 5.08. The normalized spacial score (nSPS) is 12.4. The second kappa shape index (κ2) is 5.07. The topological polar surface area (TPSA) is 63.2 Å². The summed E-state index contributed by atoms with van der Waals surface area (Å²) in [6.45, 7) is 5.18. The van der Waals surface area contributed by atoms with Gasteiger partial charge in [-0.2, -0.15) is 0 Å². The molecule has 0 fully saturated rings. The molecule has 0 heterocycles. The van der Waals surface area contributed by atoms with Crippen molar-refractivity contribution in [2.24, 2.45) is 0 Å². The van der Waals surface area contributed by atoms with Crippen molar-refractivity contribution >= 4 is 23.2 Å². The molecule has 2 aromatic carbocycles. The summed E-state index contributed by atoms with van der Waals surface area (Å²) in [6, 6.07) is 10.1. The van der Waals surface area contributed by atoms with E-state index in [1.807, 2.05) is 0 Å². The zero-order chi connectivity index (χ0) is 15.9. The van der Waals surface area contributed by atoms with E-state index in [4.69, 9.17) is 0 Å². The highest BCUT2D eigenvalue weighted by molar-refractivity contribution is 6.30. The van der Waals surface area contributed by atoms with Gasteiger partial charge in [-0.15, -0.1) is 0 Å². The third-order valence-corrected chi connectivity index (χ3v) is 3.74. The van der Waals surface area contributed by atoms with Crippen molar-refractivity contribution in [3.8, 4) is 0 Å². The molecule has 0 aliphatic heterocycles. The number of nitrogens with one attached hydrogen (secondary N) is 1. The molecule has 2 aromatic rings. The van der Waals surface area contributed by atoms with E-state index in [1.165, 1.54) is 0 Å². The summed E-state index contributed by atoms with van der Waals surface area (Å²) in [4.78, 5) is 37.0. The predicted molar refractivity (Wildman–Crippen MR) is 83.3 cm³/mol. The summed E-state index contributed by atoms with van der Waals surface area (Å²) in [6.07, 6.45) is 1.13. The molecule has 4 heteroatoms. The molecule has 0 bridgehead atoms. The molecular weight excluding hydrogens is 278 g/mol. The van der Waals surface area contributed by atoms with Gasteiger partial charge in [0, 0.05) is 16.7 Å². The Labute approximate surface area is 127 Å². The minimum atomic E-state index is -0.421. The molecule has 0 radical (unpaired) electrons. The summed E-state index contributed by atoms with van der Waals surface area (Å²) < 4.78 is 0. The Kier molecular flexibility index (Phi) is 3.22. The third-order valence-electron chi connectivity index (χ3n) is 3.74. The Bertz CT molecular complexity index is 849. The molecule has 0 aromatic heterocycles. The first-order valence-electron chi connectivity index (χ1n) is 6.80.